The summed E-state index contributed by atoms with van der Waals surface area (Å²) in [5.41, 5.74) is 0.925. The zero-order chi connectivity index (χ0) is 20.9. The van der Waals surface area contributed by atoms with Crippen molar-refractivity contribution in [2.45, 2.75) is 18.2 Å². The highest BCUT2D eigenvalue weighted by Crippen LogP contribution is 2.27. The monoisotopic (exact) mass is 495 g/mol. The van der Waals surface area contributed by atoms with E-state index in [1.165, 1.54) is 41.8 Å². The van der Waals surface area contributed by atoms with Crippen molar-refractivity contribution in [3.63, 3.8) is 0 Å². The van der Waals surface area contributed by atoms with Gasteiger partial charge in [-0.3, -0.25) is 9.52 Å². The number of hydrogen-bond acceptors (Lipinski definition) is 6. The van der Waals surface area contributed by atoms with Crippen LogP contribution < -0.4 is 14.8 Å². The smallest absolute Gasteiger partial charge is 0.263 e. The van der Waals surface area contributed by atoms with Gasteiger partial charge in [0, 0.05) is 22.8 Å². The number of benzene rings is 2. The molecule has 0 aliphatic heterocycles. The predicted molar refractivity (Wildman–Crippen MR) is 117 cm³/mol. The molecule has 0 saturated carbocycles. The van der Waals surface area contributed by atoms with Gasteiger partial charge in [0.2, 0.25) is 0 Å². The van der Waals surface area contributed by atoms with Crippen molar-refractivity contribution in [1.29, 1.82) is 0 Å². The lowest BCUT2D eigenvalue weighted by atomic mass is 10.2. The lowest BCUT2D eigenvalue weighted by Gasteiger charge is -2.10. The van der Waals surface area contributed by atoms with Crippen molar-refractivity contribution in [3.8, 4) is 5.75 Å². The van der Waals surface area contributed by atoms with Gasteiger partial charge >= 0.3 is 0 Å². The second-order valence-corrected chi connectivity index (χ2v) is 9.35. The molecule has 0 aliphatic rings. The molecule has 7 nitrogen and oxygen atoms in total. The normalized spacial score (nSPS) is 11.1. The third kappa shape index (κ3) is 5.55. The van der Waals surface area contributed by atoms with Gasteiger partial charge < -0.3 is 10.1 Å². The summed E-state index contributed by atoms with van der Waals surface area (Å²) < 4.78 is 33.4. The van der Waals surface area contributed by atoms with E-state index in [4.69, 9.17) is 4.74 Å². The van der Waals surface area contributed by atoms with E-state index >= 15 is 0 Å². The molecule has 29 heavy (non-hydrogen) atoms. The molecule has 0 unspecified atom stereocenters. The molecule has 1 aromatic heterocycles. The van der Waals surface area contributed by atoms with Crippen molar-refractivity contribution in [2.75, 3.05) is 16.6 Å². The number of hydrogen-bond donors (Lipinski definition) is 2. The molecule has 3 rings (SSSR count). The van der Waals surface area contributed by atoms with E-state index in [-0.39, 0.29) is 10.8 Å². The van der Waals surface area contributed by atoms with Crippen molar-refractivity contribution in [3.05, 3.63) is 64.1 Å². The Morgan fingerprint density at radius 3 is 2.59 bits per heavy atom. The van der Waals surface area contributed by atoms with Crippen LogP contribution in [-0.2, 0) is 10.0 Å². The summed E-state index contributed by atoms with van der Waals surface area (Å²) in [4.78, 5) is 16.5. The zero-order valence-electron chi connectivity index (χ0n) is 15.4. The quantitative estimate of drug-likeness (QED) is 0.469. The first-order valence-corrected chi connectivity index (χ1v) is 11.8. The van der Waals surface area contributed by atoms with Crippen LogP contribution in [0.15, 0.2) is 63.4 Å². The Labute approximate surface area is 181 Å². The minimum atomic E-state index is -3.73. The van der Waals surface area contributed by atoms with Crippen molar-refractivity contribution >= 4 is 54.0 Å². The molecule has 0 atom stereocenters. The molecule has 0 spiro atoms. The van der Waals surface area contributed by atoms with E-state index in [1.54, 1.807) is 23.6 Å². The SMILES string of the molecule is CCCOc1ccc(C(=O)Nc2ccc(S(=O)(=O)Nc3nccs3)cc2)cc1Br. The Bertz CT molecular complexity index is 1090. The summed E-state index contributed by atoms with van der Waals surface area (Å²) in [5.74, 6) is 0.356. The summed E-state index contributed by atoms with van der Waals surface area (Å²) in [6, 6.07) is 11.0. The Hall–Kier alpha value is -2.43. The second-order valence-electron chi connectivity index (χ2n) is 5.91. The average molecular weight is 496 g/mol. The fourth-order valence-corrected chi connectivity index (χ4v) is 4.62. The van der Waals surface area contributed by atoms with Crippen LogP contribution in [0.1, 0.15) is 23.7 Å². The van der Waals surface area contributed by atoms with Crippen LogP contribution in [0.25, 0.3) is 0 Å². The average Bonchev–Trinajstić information content (AvgIpc) is 3.19. The number of carbonyl (C=O) groups excluding carboxylic acids is 1. The first-order valence-electron chi connectivity index (χ1n) is 8.65. The molecule has 3 aromatic rings. The summed E-state index contributed by atoms with van der Waals surface area (Å²) in [6.45, 7) is 2.61. The third-order valence-corrected chi connectivity index (χ3v) is 6.52. The van der Waals surface area contributed by atoms with Crippen molar-refractivity contribution < 1.29 is 17.9 Å². The maximum Gasteiger partial charge on any atom is 0.263 e. The molecule has 152 valence electrons. The molecule has 1 heterocycles. The van der Waals surface area contributed by atoms with Gasteiger partial charge in [-0.2, -0.15) is 0 Å². The van der Waals surface area contributed by atoms with Crippen LogP contribution in [0.3, 0.4) is 0 Å². The van der Waals surface area contributed by atoms with Gasteiger partial charge in [0.1, 0.15) is 5.75 Å². The minimum Gasteiger partial charge on any atom is -0.492 e. The number of anilines is 2. The van der Waals surface area contributed by atoms with Gasteiger partial charge in [0.15, 0.2) is 5.13 Å². The van der Waals surface area contributed by atoms with Gasteiger partial charge in [-0.1, -0.05) is 6.92 Å². The number of nitrogens with zero attached hydrogens (tertiary/aromatic N) is 1. The number of ether oxygens (including phenoxy) is 1. The summed E-state index contributed by atoms with van der Waals surface area (Å²) in [5, 5.41) is 4.72. The van der Waals surface area contributed by atoms with E-state index in [2.05, 4.69) is 31.0 Å². The van der Waals surface area contributed by atoms with E-state index in [9.17, 15) is 13.2 Å². The van der Waals surface area contributed by atoms with E-state index in [0.29, 0.717) is 33.2 Å². The predicted octanol–water partition coefficient (Wildman–Crippen LogP) is 4.75. The summed E-state index contributed by atoms with van der Waals surface area (Å²) in [7, 11) is -3.73. The molecular weight excluding hydrogens is 478 g/mol. The van der Waals surface area contributed by atoms with Crippen LogP contribution in [-0.4, -0.2) is 25.9 Å². The van der Waals surface area contributed by atoms with Gasteiger partial charge in [0.25, 0.3) is 15.9 Å². The third-order valence-electron chi connectivity index (χ3n) is 3.73. The van der Waals surface area contributed by atoms with Crippen LogP contribution in [0.5, 0.6) is 5.75 Å². The Kier molecular flexibility index (Phi) is 6.88. The maximum absolute atomic E-state index is 12.5. The number of halogens is 1. The first kappa shape index (κ1) is 21.3. The molecule has 0 radical (unpaired) electrons. The van der Waals surface area contributed by atoms with Crippen molar-refractivity contribution in [2.24, 2.45) is 0 Å². The molecule has 0 saturated heterocycles. The number of aromatic nitrogens is 1. The fourth-order valence-electron chi connectivity index (χ4n) is 2.34. The largest absolute Gasteiger partial charge is 0.492 e. The molecule has 2 aromatic carbocycles. The summed E-state index contributed by atoms with van der Waals surface area (Å²) in [6.07, 6.45) is 2.40. The molecule has 0 fully saturated rings. The number of rotatable bonds is 8. The number of amides is 1. The van der Waals surface area contributed by atoms with Crippen LogP contribution in [0, 0.1) is 0 Å². The molecule has 0 bridgehead atoms. The van der Waals surface area contributed by atoms with E-state index in [0.717, 1.165) is 6.42 Å². The van der Waals surface area contributed by atoms with Gasteiger partial charge in [-0.05, 0) is 64.8 Å². The van der Waals surface area contributed by atoms with Gasteiger partial charge in [0.05, 0.1) is 16.0 Å². The first-order chi connectivity index (χ1) is 13.9. The Morgan fingerprint density at radius 1 is 1.21 bits per heavy atom. The molecule has 1 amide bonds. The maximum atomic E-state index is 12.5. The molecule has 2 N–H and O–H groups in total. The Morgan fingerprint density at radius 2 is 1.97 bits per heavy atom. The number of thiazole rings is 1. The lowest BCUT2D eigenvalue weighted by Crippen LogP contribution is -2.14. The fraction of sp³-hybridized carbons (Fsp3) is 0.158. The van der Waals surface area contributed by atoms with Crippen LogP contribution >= 0.6 is 27.3 Å². The van der Waals surface area contributed by atoms with Gasteiger partial charge in [-0.25, -0.2) is 13.4 Å². The standard InChI is InChI=1S/C19H18BrN3O4S2/c1-2-10-27-17-8-3-13(12-16(17)20)18(24)22-14-4-6-15(7-5-14)29(25,26)23-19-21-9-11-28-19/h3-9,11-12H,2,10H2,1H3,(H,21,23)(H,22,24). The topological polar surface area (TPSA) is 97.4 Å². The Balaban J connectivity index is 1.68. The number of carbonyl (C=O) groups is 1. The highest BCUT2D eigenvalue weighted by molar-refractivity contribution is 9.10. The minimum absolute atomic E-state index is 0.0749. The van der Waals surface area contributed by atoms with E-state index < -0.39 is 10.0 Å². The molecule has 0 aliphatic carbocycles. The second kappa shape index (κ2) is 9.38. The number of nitrogens with one attached hydrogen (secondary N) is 2. The van der Waals surface area contributed by atoms with E-state index in [1.807, 2.05) is 6.92 Å². The zero-order valence-corrected chi connectivity index (χ0v) is 18.6. The molecular formula is C19H18BrN3O4S2. The summed E-state index contributed by atoms with van der Waals surface area (Å²) >= 11 is 4.59. The van der Waals surface area contributed by atoms with Crippen molar-refractivity contribution in [1.82, 2.24) is 4.98 Å². The van der Waals surface area contributed by atoms with Crippen LogP contribution in [0.4, 0.5) is 10.8 Å². The highest BCUT2D eigenvalue weighted by atomic mass is 79.9. The molecule has 10 heteroatoms. The van der Waals surface area contributed by atoms with Gasteiger partial charge in [-0.15, -0.1) is 11.3 Å². The van der Waals surface area contributed by atoms with Crippen LogP contribution in [0.2, 0.25) is 0 Å². The lowest BCUT2D eigenvalue weighted by molar-refractivity contribution is 0.102. The number of sulfonamides is 1. The highest BCUT2D eigenvalue weighted by Gasteiger charge is 2.16.